The Morgan fingerprint density at radius 3 is 0.310 bits per heavy atom. The van der Waals surface area contributed by atoms with Gasteiger partial charge in [-0.15, -0.1) is 0 Å². The van der Waals surface area contributed by atoms with Gasteiger partial charge in [0.1, 0.15) is 0 Å². The number of hydrogen-bond donors (Lipinski definition) is 0. The second-order valence-corrected chi connectivity index (χ2v) is 29.0. The second-order valence-electron chi connectivity index (χ2n) is 13.4. The first-order valence-corrected chi connectivity index (χ1v) is 28.9. The van der Waals surface area contributed by atoms with Gasteiger partial charge in [0.15, 0.2) is 0 Å². The predicted octanol–water partition coefficient (Wildman–Crippen LogP) is 5.96. The van der Waals surface area contributed by atoms with Crippen molar-refractivity contribution in [1.29, 1.82) is 0 Å². The van der Waals surface area contributed by atoms with Gasteiger partial charge in [-0.05, 0) is 0 Å². The molecule has 9 aromatic rings. The van der Waals surface area contributed by atoms with Crippen molar-refractivity contribution in [2.75, 3.05) is 0 Å². The summed E-state index contributed by atoms with van der Waals surface area (Å²) in [5, 5.41) is 0. The van der Waals surface area contributed by atoms with Crippen LogP contribution in [0.1, 0.15) is 0 Å². The summed E-state index contributed by atoms with van der Waals surface area (Å²) in [5.41, 5.74) is 0. The van der Waals surface area contributed by atoms with E-state index >= 15 is 0 Å². The maximum atomic E-state index is 2.27. The summed E-state index contributed by atoms with van der Waals surface area (Å²) < 4.78 is 13.5. The second kappa shape index (κ2) is 23.5. The van der Waals surface area contributed by atoms with Crippen molar-refractivity contribution in [3.8, 4) is 0 Å². The Labute approximate surface area is 370 Å². The number of benzene rings is 9. The molecular formula is C54H46Ge4. The molecule has 0 heterocycles. The third-order valence-electron chi connectivity index (χ3n) is 9.56. The van der Waals surface area contributed by atoms with Crippen LogP contribution < -0.4 is 39.6 Å². The van der Waals surface area contributed by atoms with Gasteiger partial charge >= 0.3 is 373 Å². The Morgan fingerprint density at radius 1 is 0.138 bits per heavy atom. The van der Waals surface area contributed by atoms with Crippen molar-refractivity contribution in [2.24, 2.45) is 0 Å². The van der Waals surface area contributed by atoms with E-state index < -0.39 is 43.0 Å². The summed E-state index contributed by atoms with van der Waals surface area (Å²) in [6, 6.07) is 98.4. The molecule has 278 valence electrons. The molecule has 0 spiro atoms. The standard InChI is InChI=1S/3C18H15Ge.GeH/c3*1-4-10-16(11-5-1)19(17-12-6-2-7-13-17)18-14-8-3-9-15-18;/h3*1-15H;1H. The zero-order chi connectivity index (χ0) is 38.7. The summed E-state index contributed by atoms with van der Waals surface area (Å²) >= 11 is -4.90. The van der Waals surface area contributed by atoms with Crippen molar-refractivity contribution in [3.05, 3.63) is 273 Å². The molecule has 6 radical (unpaired) electrons. The fourth-order valence-electron chi connectivity index (χ4n) is 6.94. The normalized spacial score (nSPS) is 10.4. The van der Waals surface area contributed by atoms with Crippen molar-refractivity contribution in [2.45, 2.75) is 0 Å². The SMILES string of the molecule is [GeH].c1cc[c]([Ge]([c]2ccccc2)[c]2ccccc2)cc1.c1cc[c]([Ge]([c]2ccccc2)[c]2ccccc2)cc1.c1cc[c]([Ge]([c]2ccccc2)[c]2ccccc2)cc1. The van der Waals surface area contributed by atoms with Crippen LogP contribution in [0.2, 0.25) is 0 Å². The van der Waals surface area contributed by atoms with Gasteiger partial charge in [0.05, 0.1) is 0 Å². The molecule has 0 aromatic heterocycles. The molecule has 0 saturated carbocycles. The van der Waals surface area contributed by atoms with Crippen molar-refractivity contribution in [1.82, 2.24) is 0 Å². The molecule has 0 amide bonds. The van der Waals surface area contributed by atoms with E-state index in [1.807, 2.05) is 0 Å². The van der Waals surface area contributed by atoms with Crippen molar-refractivity contribution >= 4 is 100 Å². The Balaban J connectivity index is 0.000000145. The monoisotopic (exact) mass is 990 g/mol. The van der Waals surface area contributed by atoms with Gasteiger partial charge in [-0.2, -0.15) is 0 Å². The van der Waals surface area contributed by atoms with Crippen molar-refractivity contribution in [3.63, 3.8) is 0 Å². The first kappa shape index (κ1) is 42.7. The van der Waals surface area contributed by atoms with Crippen LogP contribution in [0.5, 0.6) is 0 Å². The quantitative estimate of drug-likeness (QED) is 0.157. The molecule has 0 unspecified atom stereocenters. The molecule has 0 bridgehead atoms. The first-order valence-electron chi connectivity index (χ1n) is 19.4. The summed E-state index contributed by atoms with van der Waals surface area (Å²) in [5.74, 6) is 0. The molecule has 0 fully saturated rings. The summed E-state index contributed by atoms with van der Waals surface area (Å²) in [4.78, 5) is 0. The molecule has 4 heteroatoms. The Hall–Kier alpha value is -4.85. The van der Waals surface area contributed by atoms with Gasteiger partial charge in [-0.25, -0.2) is 0 Å². The van der Waals surface area contributed by atoms with Crippen molar-refractivity contribution < 1.29 is 0 Å². The van der Waals surface area contributed by atoms with Crippen LogP contribution >= 0.6 is 0 Å². The van der Waals surface area contributed by atoms with Crippen LogP contribution in [0.25, 0.3) is 0 Å². The fraction of sp³-hybridized carbons (Fsp3) is 0. The first-order chi connectivity index (χ1) is 28.3. The van der Waals surface area contributed by atoms with Crippen LogP contribution in [0.15, 0.2) is 273 Å². The molecule has 0 N–H and O–H groups in total. The third-order valence-corrected chi connectivity index (χ3v) is 26.8. The van der Waals surface area contributed by atoms with E-state index in [0.29, 0.717) is 0 Å². The number of rotatable bonds is 9. The minimum atomic E-state index is -1.63. The molecule has 0 aliphatic carbocycles. The molecule has 9 rings (SSSR count). The topological polar surface area (TPSA) is 0 Å². The van der Waals surface area contributed by atoms with E-state index in [1.54, 1.807) is 0 Å². The molecule has 0 aliphatic rings. The van der Waals surface area contributed by atoms with Crippen LogP contribution in [0.4, 0.5) is 0 Å². The van der Waals surface area contributed by atoms with Gasteiger partial charge in [0, 0.05) is 0 Å². The Kier molecular flexibility index (Phi) is 17.3. The summed E-state index contributed by atoms with van der Waals surface area (Å²) in [6.45, 7) is 0. The van der Waals surface area contributed by atoms with Gasteiger partial charge in [-0.1, -0.05) is 0 Å². The van der Waals surface area contributed by atoms with E-state index in [1.165, 1.54) is 39.6 Å². The van der Waals surface area contributed by atoms with E-state index in [9.17, 15) is 0 Å². The van der Waals surface area contributed by atoms with Crippen LogP contribution in [-0.4, -0.2) is 60.6 Å². The average molecular weight is 985 g/mol. The van der Waals surface area contributed by atoms with E-state index in [-0.39, 0.29) is 17.6 Å². The molecule has 0 atom stereocenters. The van der Waals surface area contributed by atoms with E-state index in [0.717, 1.165) is 0 Å². The Bertz CT molecular complexity index is 1860. The molecular weight excluding hydrogens is 939 g/mol. The molecule has 0 aliphatic heterocycles. The zero-order valence-corrected chi connectivity index (χ0v) is 41.3. The summed E-state index contributed by atoms with van der Waals surface area (Å²) in [7, 11) is 0. The fourth-order valence-corrected chi connectivity index (χ4v) is 23.2. The molecule has 0 saturated heterocycles. The third kappa shape index (κ3) is 12.1. The van der Waals surface area contributed by atoms with Gasteiger partial charge < -0.3 is 0 Å². The zero-order valence-electron chi connectivity index (χ0n) is 32.6. The van der Waals surface area contributed by atoms with Gasteiger partial charge in [0.25, 0.3) is 0 Å². The predicted molar refractivity (Wildman–Crippen MR) is 259 cm³/mol. The maximum absolute atomic E-state index is 2.27. The number of hydrogen-bond acceptors (Lipinski definition) is 0. The van der Waals surface area contributed by atoms with Crippen LogP contribution in [0.3, 0.4) is 0 Å². The van der Waals surface area contributed by atoms with Gasteiger partial charge in [-0.3, -0.25) is 0 Å². The molecule has 0 nitrogen and oxygen atoms in total. The van der Waals surface area contributed by atoms with E-state index in [4.69, 9.17) is 0 Å². The van der Waals surface area contributed by atoms with E-state index in [2.05, 4.69) is 273 Å². The average Bonchev–Trinajstić information content (AvgIpc) is 3.30. The van der Waals surface area contributed by atoms with Gasteiger partial charge in [0.2, 0.25) is 0 Å². The van der Waals surface area contributed by atoms with Crippen LogP contribution in [-0.2, 0) is 0 Å². The molecule has 58 heavy (non-hydrogen) atoms. The minimum absolute atomic E-state index is 0. The summed E-state index contributed by atoms with van der Waals surface area (Å²) in [6.07, 6.45) is 0. The Morgan fingerprint density at radius 2 is 0.224 bits per heavy atom. The molecule has 9 aromatic carbocycles. The van der Waals surface area contributed by atoms with Crippen LogP contribution in [0, 0.1) is 0 Å².